The van der Waals surface area contributed by atoms with E-state index in [1.807, 2.05) is 0 Å². The van der Waals surface area contributed by atoms with E-state index in [0.717, 1.165) is 0 Å². The van der Waals surface area contributed by atoms with Crippen LogP contribution in [0.15, 0.2) is 12.1 Å². The molecule has 14 heavy (non-hydrogen) atoms. The van der Waals surface area contributed by atoms with Crippen LogP contribution in [0, 0.1) is 13.7 Å². The zero-order valence-electron chi connectivity index (χ0n) is 7.08. The van der Waals surface area contributed by atoms with Crippen molar-refractivity contribution in [3.05, 3.63) is 36.4 Å². The summed E-state index contributed by atoms with van der Waals surface area (Å²) in [4.78, 5) is 21.0. The molecule has 0 amide bonds. The number of ketones is 1. The Morgan fingerprint density at radius 2 is 2.14 bits per heavy atom. The Morgan fingerprint density at radius 3 is 2.50 bits per heavy atom. The van der Waals surface area contributed by atoms with Crippen molar-refractivity contribution >= 4 is 45.7 Å². The Balaban J connectivity index is 3.39. The monoisotopic (exact) mass is 325 g/mol. The third-order valence-corrected chi connectivity index (χ3v) is 2.72. The summed E-state index contributed by atoms with van der Waals surface area (Å²) >= 11 is 7.46. The van der Waals surface area contributed by atoms with Gasteiger partial charge in [0, 0.05) is 5.56 Å². The molecule has 0 aliphatic heterocycles. The maximum atomic E-state index is 11.0. The van der Waals surface area contributed by atoms with Crippen LogP contribution in [0.5, 0.6) is 0 Å². The minimum absolute atomic E-state index is 0.00731. The molecule has 0 N–H and O–H groups in total. The summed E-state index contributed by atoms with van der Waals surface area (Å²) in [5.74, 6) is -0.167. The van der Waals surface area contributed by atoms with Crippen molar-refractivity contribution < 1.29 is 9.72 Å². The highest BCUT2D eigenvalue weighted by molar-refractivity contribution is 14.1. The Labute approximate surface area is 98.5 Å². The van der Waals surface area contributed by atoms with E-state index < -0.39 is 4.92 Å². The van der Waals surface area contributed by atoms with Gasteiger partial charge >= 0.3 is 5.69 Å². The summed E-state index contributed by atoms with van der Waals surface area (Å²) in [5.41, 5.74) is 0.224. The quantitative estimate of drug-likeness (QED) is 0.363. The second-order valence-electron chi connectivity index (χ2n) is 2.60. The fourth-order valence-electron chi connectivity index (χ4n) is 0.943. The number of nitro benzene ring substituents is 1. The molecule has 0 bridgehead atoms. The lowest BCUT2D eigenvalue weighted by Gasteiger charge is -2.00. The number of nitro groups is 1. The van der Waals surface area contributed by atoms with Crippen LogP contribution in [-0.4, -0.2) is 10.7 Å². The molecule has 1 aromatic rings. The van der Waals surface area contributed by atoms with Crippen LogP contribution in [0.1, 0.15) is 17.3 Å². The lowest BCUT2D eigenvalue weighted by atomic mass is 10.1. The molecule has 1 aromatic carbocycles. The second kappa shape index (κ2) is 4.22. The SMILES string of the molecule is CC(=O)c1cc(Cl)c([N+](=O)[O-])c(I)c1. The number of hydrogen-bond acceptors (Lipinski definition) is 3. The largest absolute Gasteiger partial charge is 0.301 e. The van der Waals surface area contributed by atoms with Crippen LogP contribution < -0.4 is 0 Å². The average molecular weight is 325 g/mol. The van der Waals surface area contributed by atoms with Gasteiger partial charge in [0.15, 0.2) is 5.78 Å². The Bertz CT molecular complexity index is 396. The number of hydrogen-bond donors (Lipinski definition) is 0. The molecule has 6 heteroatoms. The topological polar surface area (TPSA) is 60.2 Å². The first-order valence-electron chi connectivity index (χ1n) is 3.58. The Morgan fingerprint density at radius 1 is 1.57 bits per heavy atom. The van der Waals surface area contributed by atoms with Crippen molar-refractivity contribution in [2.75, 3.05) is 0 Å². The van der Waals surface area contributed by atoms with Crippen molar-refractivity contribution in [1.29, 1.82) is 0 Å². The van der Waals surface area contributed by atoms with Gasteiger partial charge in [0.1, 0.15) is 5.02 Å². The highest BCUT2D eigenvalue weighted by atomic mass is 127. The second-order valence-corrected chi connectivity index (χ2v) is 4.17. The number of rotatable bonds is 2. The Kier molecular flexibility index (Phi) is 3.43. The Hall–Kier alpha value is -0.690. The van der Waals surface area contributed by atoms with E-state index in [1.165, 1.54) is 19.1 Å². The van der Waals surface area contributed by atoms with Gasteiger partial charge in [-0.15, -0.1) is 0 Å². The molecule has 0 aliphatic rings. The van der Waals surface area contributed by atoms with E-state index in [9.17, 15) is 14.9 Å². The maximum absolute atomic E-state index is 11.0. The fraction of sp³-hybridized carbons (Fsp3) is 0.125. The van der Waals surface area contributed by atoms with E-state index in [4.69, 9.17) is 11.6 Å². The summed E-state index contributed by atoms with van der Waals surface area (Å²) in [6, 6.07) is 2.76. The van der Waals surface area contributed by atoms with Gasteiger partial charge in [0.05, 0.1) is 8.49 Å². The van der Waals surface area contributed by atoms with Crippen LogP contribution >= 0.6 is 34.2 Å². The molecular weight excluding hydrogens is 320 g/mol. The fourth-order valence-corrected chi connectivity index (χ4v) is 2.21. The lowest BCUT2D eigenvalue weighted by Crippen LogP contribution is -1.98. The van der Waals surface area contributed by atoms with Gasteiger partial charge in [0.2, 0.25) is 0 Å². The van der Waals surface area contributed by atoms with Crippen LogP contribution in [0.25, 0.3) is 0 Å². The van der Waals surface area contributed by atoms with Gasteiger partial charge in [0.25, 0.3) is 0 Å². The normalized spacial score (nSPS) is 9.93. The van der Waals surface area contributed by atoms with Gasteiger partial charge in [-0.05, 0) is 41.6 Å². The predicted molar refractivity (Wildman–Crippen MR) is 60.8 cm³/mol. The molecule has 4 nitrogen and oxygen atoms in total. The average Bonchev–Trinajstić information content (AvgIpc) is 2.01. The molecular formula is C8H5ClINO3. The molecule has 0 aliphatic carbocycles. The molecule has 0 saturated heterocycles. The van der Waals surface area contributed by atoms with Crippen molar-refractivity contribution in [3.63, 3.8) is 0 Å². The minimum atomic E-state index is -0.561. The molecule has 0 unspecified atom stereocenters. The maximum Gasteiger partial charge on any atom is 0.301 e. The molecule has 1 rings (SSSR count). The summed E-state index contributed by atoms with van der Waals surface area (Å²) in [6.07, 6.45) is 0. The highest BCUT2D eigenvalue weighted by Gasteiger charge is 2.19. The first-order valence-corrected chi connectivity index (χ1v) is 5.03. The summed E-state index contributed by atoms with van der Waals surface area (Å²) < 4.78 is 0.366. The summed E-state index contributed by atoms with van der Waals surface area (Å²) in [5, 5.41) is 10.5. The number of carbonyl (C=O) groups is 1. The molecule has 0 spiro atoms. The number of halogens is 2. The smallest absolute Gasteiger partial charge is 0.295 e. The standard InChI is InChI=1S/C8H5ClINO3/c1-4(12)5-2-6(9)8(11(13)14)7(10)3-5/h2-3H,1H3. The minimum Gasteiger partial charge on any atom is -0.295 e. The first kappa shape index (κ1) is 11.4. The van der Waals surface area contributed by atoms with E-state index >= 15 is 0 Å². The predicted octanol–water partition coefficient (Wildman–Crippen LogP) is 3.06. The zero-order valence-corrected chi connectivity index (χ0v) is 10.00. The van der Waals surface area contributed by atoms with Gasteiger partial charge in [-0.1, -0.05) is 11.6 Å². The van der Waals surface area contributed by atoms with Gasteiger partial charge in [-0.25, -0.2) is 0 Å². The van der Waals surface area contributed by atoms with Gasteiger partial charge < -0.3 is 0 Å². The highest BCUT2D eigenvalue weighted by Crippen LogP contribution is 2.31. The van der Waals surface area contributed by atoms with Crippen LogP contribution in [-0.2, 0) is 0 Å². The molecule has 0 aromatic heterocycles. The first-order chi connectivity index (χ1) is 6.43. The van der Waals surface area contributed by atoms with E-state index in [2.05, 4.69) is 0 Å². The van der Waals surface area contributed by atoms with Crippen LogP contribution in [0.4, 0.5) is 5.69 Å². The molecule has 74 valence electrons. The number of nitrogens with zero attached hydrogens (tertiary/aromatic N) is 1. The van der Waals surface area contributed by atoms with Crippen molar-refractivity contribution in [1.82, 2.24) is 0 Å². The van der Waals surface area contributed by atoms with E-state index in [-0.39, 0.29) is 16.5 Å². The third-order valence-electron chi connectivity index (χ3n) is 1.61. The molecule has 0 radical (unpaired) electrons. The summed E-state index contributed by atoms with van der Waals surface area (Å²) in [7, 11) is 0. The van der Waals surface area contributed by atoms with E-state index in [1.54, 1.807) is 22.6 Å². The van der Waals surface area contributed by atoms with Crippen LogP contribution in [0.2, 0.25) is 5.02 Å². The molecule has 0 fully saturated rings. The number of Topliss-reactive ketones (excluding diaryl/α,β-unsaturated/α-hetero) is 1. The van der Waals surface area contributed by atoms with Crippen molar-refractivity contribution in [3.8, 4) is 0 Å². The molecule has 0 heterocycles. The van der Waals surface area contributed by atoms with Crippen molar-refractivity contribution in [2.24, 2.45) is 0 Å². The number of benzene rings is 1. The van der Waals surface area contributed by atoms with Gasteiger partial charge in [-0.3, -0.25) is 14.9 Å². The summed E-state index contributed by atoms with van der Waals surface area (Å²) in [6.45, 7) is 1.38. The lowest BCUT2D eigenvalue weighted by molar-refractivity contribution is -0.385. The zero-order chi connectivity index (χ0) is 10.9. The van der Waals surface area contributed by atoms with Crippen molar-refractivity contribution in [2.45, 2.75) is 6.92 Å². The van der Waals surface area contributed by atoms with Crippen LogP contribution in [0.3, 0.4) is 0 Å². The van der Waals surface area contributed by atoms with Gasteiger partial charge in [-0.2, -0.15) is 0 Å². The molecule has 0 atom stereocenters. The third kappa shape index (κ3) is 2.21. The number of carbonyl (C=O) groups excluding carboxylic acids is 1. The van der Waals surface area contributed by atoms with E-state index in [0.29, 0.717) is 9.13 Å². The molecule has 0 saturated carbocycles.